The van der Waals surface area contributed by atoms with E-state index in [-0.39, 0.29) is 17.9 Å². The van der Waals surface area contributed by atoms with E-state index in [1.807, 2.05) is 61.6 Å². The van der Waals surface area contributed by atoms with Gasteiger partial charge in [0.2, 0.25) is 0 Å². The molecule has 0 saturated carbocycles. The van der Waals surface area contributed by atoms with Crippen LogP contribution in [0.1, 0.15) is 63.4 Å². The first-order chi connectivity index (χ1) is 20.5. The second-order valence-electron chi connectivity index (χ2n) is 11.4. The fourth-order valence-electron chi connectivity index (χ4n) is 5.66. The number of anilines is 1. The van der Waals surface area contributed by atoms with E-state index in [2.05, 4.69) is 15.1 Å². The van der Waals surface area contributed by atoms with Crippen molar-refractivity contribution in [2.24, 2.45) is 0 Å². The molecule has 7 heteroatoms. The number of nitrogens with zero attached hydrogens (tertiary/aromatic N) is 2. The van der Waals surface area contributed by atoms with Gasteiger partial charge in [-0.25, -0.2) is 9.18 Å². The average Bonchev–Trinajstić information content (AvgIpc) is 3.00. The molecule has 2 N–H and O–H groups in total. The van der Waals surface area contributed by atoms with Gasteiger partial charge in [-0.3, -0.25) is 5.32 Å². The molecule has 3 aromatic carbocycles. The van der Waals surface area contributed by atoms with Crippen molar-refractivity contribution in [2.75, 3.05) is 38.5 Å². The van der Waals surface area contributed by atoms with Crippen LogP contribution in [0.3, 0.4) is 0 Å². The molecule has 0 aliphatic carbocycles. The Morgan fingerprint density at radius 3 is 2.33 bits per heavy atom. The Morgan fingerprint density at radius 2 is 1.57 bits per heavy atom. The second kappa shape index (κ2) is 16.9. The Labute approximate surface area is 250 Å². The van der Waals surface area contributed by atoms with E-state index in [9.17, 15) is 14.3 Å². The highest BCUT2D eigenvalue weighted by atomic mass is 19.1. The molecule has 0 spiro atoms. The van der Waals surface area contributed by atoms with E-state index >= 15 is 0 Å². The Hall–Kier alpha value is -3.42. The standard InChI is InChI=1S/C35H46FN3O3/c1-38(27-29-17-14-20-33(40)34(29)36)23-12-5-3-2-4-6-13-24-39-25-21-30(22-26-39)42-35(41)37-32-19-11-10-18-31(32)28-15-8-7-9-16-28/h7-11,14-20,30,40H,2-6,12-13,21-27H2,1H3,(H,37,41). The molecule has 6 nitrogen and oxygen atoms in total. The van der Waals surface area contributed by atoms with Crippen molar-refractivity contribution in [2.45, 2.75) is 70.4 Å². The van der Waals surface area contributed by atoms with Gasteiger partial charge < -0.3 is 19.6 Å². The van der Waals surface area contributed by atoms with E-state index in [1.165, 1.54) is 44.6 Å². The Balaban J connectivity index is 1.01. The number of nitrogens with one attached hydrogen (secondary N) is 1. The van der Waals surface area contributed by atoms with E-state index in [0.29, 0.717) is 12.1 Å². The number of carbonyl (C=O) groups excluding carboxylic acids is 1. The van der Waals surface area contributed by atoms with Crippen LogP contribution in [0, 0.1) is 5.82 Å². The van der Waals surface area contributed by atoms with Gasteiger partial charge in [-0.1, -0.05) is 92.8 Å². The lowest BCUT2D eigenvalue weighted by atomic mass is 10.0. The van der Waals surface area contributed by atoms with Gasteiger partial charge in [0.05, 0.1) is 5.69 Å². The van der Waals surface area contributed by atoms with E-state index in [4.69, 9.17) is 4.74 Å². The number of halogens is 1. The van der Waals surface area contributed by atoms with Crippen LogP contribution in [-0.2, 0) is 11.3 Å². The predicted octanol–water partition coefficient (Wildman–Crippen LogP) is 8.07. The molecule has 1 heterocycles. The highest BCUT2D eigenvalue weighted by molar-refractivity contribution is 5.91. The SMILES string of the molecule is CN(CCCCCCCCCN1CCC(OC(=O)Nc2ccccc2-c2ccccc2)CC1)Cc1cccc(O)c1F. The van der Waals surface area contributed by atoms with Gasteiger partial charge in [-0.2, -0.15) is 0 Å². The maximum absolute atomic E-state index is 14.0. The quantitative estimate of drug-likeness (QED) is 0.179. The second-order valence-corrected chi connectivity index (χ2v) is 11.4. The maximum atomic E-state index is 14.0. The number of likely N-dealkylation sites (tertiary alicyclic amines) is 1. The summed E-state index contributed by atoms with van der Waals surface area (Å²) >= 11 is 0. The molecule has 0 radical (unpaired) electrons. The third-order valence-electron chi connectivity index (χ3n) is 8.07. The van der Waals surface area contributed by atoms with Gasteiger partial charge in [0.15, 0.2) is 11.6 Å². The molecule has 4 rings (SSSR count). The van der Waals surface area contributed by atoms with Gasteiger partial charge in [-0.15, -0.1) is 0 Å². The summed E-state index contributed by atoms with van der Waals surface area (Å²) in [5.74, 6) is -0.785. The van der Waals surface area contributed by atoms with Crippen molar-refractivity contribution in [1.29, 1.82) is 0 Å². The fraction of sp³-hybridized carbons (Fsp3) is 0.457. The average molecular weight is 576 g/mol. The van der Waals surface area contributed by atoms with Crippen LogP contribution < -0.4 is 5.32 Å². The number of unbranched alkanes of at least 4 members (excludes halogenated alkanes) is 6. The normalized spacial score (nSPS) is 14.3. The first-order valence-electron chi connectivity index (χ1n) is 15.5. The largest absolute Gasteiger partial charge is 0.505 e. The van der Waals surface area contributed by atoms with Crippen LogP contribution in [0.5, 0.6) is 5.75 Å². The van der Waals surface area contributed by atoms with Crippen molar-refractivity contribution >= 4 is 11.8 Å². The molecule has 1 amide bonds. The minimum Gasteiger partial charge on any atom is -0.505 e. The van der Waals surface area contributed by atoms with Crippen molar-refractivity contribution in [3.8, 4) is 16.9 Å². The van der Waals surface area contributed by atoms with Gasteiger partial charge in [-0.05, 0) is 63.5 Å². The summed E-state index contributed by atoms with van der Waals surface area (Å²) in [4.78, 5) is 17.3. The number of hydrogen-bond acceptors (Lipinski definition) is 5. The zero-order chi connectivity index (χ0) is 29.6. The third kappa shape index (κ3) is 10.1. The summed E-state index contributed by atoms with van der Waals surface area (Å²) < 4.78 is 19.7. The number of phenolic OH excluding ortho intramolecular Hbond substituents is 1. The predicted molar refractivity (Wildman–Crippen MR) is 168 cm³/mol. The summed E-state index contributed by atoms with van der Waals surface area (Å²) in [5, 5.41) is 12.5. The van der Waals surface area contributed by atoms with Crippen LogP contribution in [0.4, 0.5) is 14.9 Å². The minimum atomic E-state index is -0.508. The lowest BCUT2D eigenvalue weighted by molar-refractivity contribution is 0.0584. The number of para-hydroxylation sites is 1. The van der Waals surface area contributed by atoms with Gasteiger partial charge in [0.1, 0.15) is 6.10 Å². The molecule has 1 aliphatic heterocycles. The van der Waals surface area contributed by atoms with Crippen molar-refractivity contribution in [3.63, 3.8) is 0 Å². The zero-order valence-electron chi connectivity index (χ0n) is 24.9. The molecular weight excluding hydrogens is 529 g/mol. The highest BCUT2D eigenvalue weighted by Gasteiger charge is 2.22. The van der Waals surface area contributed by atoms with E-state index in [1.54, 1.807) is 12.1 Å². The number of aromatic hydroxyl groups is 1. The number of phenols is 1. The third-order valence-corrected chi connectivity index (χ3v) is 8.07. The Bertz CT molecular complexity index is 1230. The zero-order valence-corrected chi connectivity index (χ0v) is 24.9. The summed E-state index contributed by atoms with van der Waals surface area (Å²) in [6, 6.07) is 22.7. The highest BCUT2D eigenvalue weighted by Crippen LogP contribution is 2.28. The summed E-state index contributed by atoms with van der Waals surface area (Å²) in [6.45, 7) is 4.49. The molecule has 0 bridgehead atoms. The summed E-state index contributed by atoms with van der Waals surface area (Å²) in [7, 11) is 2.00. The smallest absolute Gasteiger partial charge is 0.411 e. The monoisotopic (exact) mass is 575 g/mol. The number of benzene rings is 3. The van der Waals surface area contributed by atoms with Crippen molar-refractivity contribution < 1.29 is 19.0 Å². The topological polar surface area (TPSA) is 65.0 Å². The Kier molecular flexibility index (Phi) is 12.7. The molecule has 42 heavy (non-hydrogen) atoms. The summed E-state index contributed by atoms with van der Waals surface area (Å²) in [5.41, 5.74) is 3.35. The van der Waals surface area contributed by atoms with Gasteiger partial charge >= 0.3 is 6.09 Å². The number of hydrogen-bond donors (Lipinski definition) is 2. The molecule has 226 valence electrons. The van der Waals surface area contributed by atoms with Crippen LogP contribution in [0.15, 0.2) is 72.8 Å². The molecule has 0 unspecified atom stereocenters. The number of ether oxygens (including phenoxy) is 1. The lowest BCUT2D eigenvalue weighted by Crippen LogP contribution is -2.38. The minimum absolute atomic E-state index is 0.0388. The van der Waals surface area contributed by atoms with Crippen LogP contribution in [0.25, 0.3) is 11.1 Å². The van der Waals surface area contributed by atoms with Crippen molar-refractivity contribution in [1.82, 2.24) is 9.80 Å². The summed E-state index contributed by atoms with van der Waals surface area (Å²) in [6.07, 6.45) is 9.82. The van der Waals surface area contributed by atoms with Crippen LogP contribution in [0.2, 0.25) is 0 Å². The molecule has 1 fully saturated rings. The van der Waals surface area contributed by atoms with Crippen LogP contribution in [-0.4, -0.2) is 60.3 Å². The fourth-order valence-corrected chi connectivity index (χ4v) is 5.66. The van der Waals surface area contributed by atoms with Crippen molar-refractivity contribution in [3.05, 3.63) is 84.2 Å². The maximum Gasteiger partial charge on any atom is 0.411 e. The molecule has 0 aromatic heterocycles. The number of piperidine rings is 1. The van der Waals surface area contributed by atoms with Crippen LogP contribution >= 0.6 is 0 Å². The molecule has 0 atom stereocenters. The number of rotatable bonds is 15. The molecule has 3 aromatic rings. The molecule has 1 aliphatic rings. The first-order valence-corrected chi connectivity index (χ1v) is 15.5. The molecule has 1 saturated heterocycles. The van der Waals surface area contributed by atoms with Gasteiger partial charge in [0, 0.05) is 30.8 Å². The lowest BCUT2D eigenvalue weighted by Gasteiger charge is -2.31. The van der Waals surface area contributed by atoms with E-state index < -0.39 is 5.82 Å². The Morgan fingerprint density at radius 1 is 0.905 bits per heavy atom. The number of carbonyl (C=O) groups is 1. The molecular formula is C35H46FN3O3. The van der Waals surface area contributed by atoms with Gasteiger partial charge in [0.25, 0.3) is 0 Å². The number of amides is 1. The first kappa shape index (κ1) is 31.5. The van der Waals surface area contributed by atoms with E-state index in [0.717, 1.165) is 62.3 Å².